The van der Waals surface area contributed by atoms with Gasteiger partial charge in [-0.05, 0) is 35.2 Å². The van der Waals surface area contributed by atoms with Crippen molar-refractivity contribution in [2.45, 2.75) is 39.3 Å². The van der Waals surface area contributed by atoms with E-state index in [-0.39, 0.29) is 6.61 Å². The molecule has 0 spiro atoms. The molecule has 0 aliphatic heterocycles. The molecule has 0 atom stereocenters. The summed E-state index contributed by atoms with van der Waals surface area (Å²) < 4.78 is 2.24. The molecular weight excluding hydrogens is 370 g/mol. The molecule has 0 saturated heterocycles. The summed E-state index contributed by atoms with van der Waals surface area (Å²) in [6.45, 7) is 2.89. The second-order valence-electron chi connectivity index (χ2n) is 7.52. The Morgan fingerprint density at radius 3 is 2.53 bits per heavy atom. The quantitative estimate of drug-likeness (QED) is 0.452. The standard InChI is InChI=1S/C26H25N3O/c1-2-3-11-25-28-24-10-6-8-22(18-30)26(24)29(25)17-19-12-14-20(15-13-19)23-9-5-4-7-21(23)16-27/h4-10,12-15,30H,2-3,11,17-18H2,1H3. The van der Waals surface area contributed by atoms with Crippen molar-refractivity contribution in [3.05, 3.63) is 89.2 Å². The fraction of sp³-hybridized carbons (Fsp3) is 0.231. The molecule has 4 rings (SSSR count). The first-order valence-corrected chi connectivity index (χ1v) is 10.4. The van der Waals surface area contributed by atoms with Crippen LogP contribution in [-0.4, -0.2) is 14.7 Å². The van der Waals surface area contributed by atoms with Crippen LogP contribution in [0.5, 0.6) is 0 Å². The number of para-hydroxylation sites is 1. The van der Waals surface area contributed by atoms with Crippen molar-refractivity contribution in [3.8, 4) is 17.2 Å². The van der Waals surface area contributed by atoms with Gasteiger partial charge in [-0.3, -0.25) is 0 Å². The maximum Gasteiger partial charge on any atom is 0.110 e. The minimum Gasteiger partial charge on any atom is -0.392 e. The van der Waals surface area contributed by atoms with Crippen LogP contribution in [0, 0.1) is 11.3 Å². The number of hydrogen-bond acceptors (Lipinski definition) is 3. The van der Waals surface area contributed by atoms with Gasteiger partial charge in [0.2, 0.25) is 0 Å². The van der Waals surface area contributed by atoms with Gasteiger partial charge < -0.3 is 9.67 Å². The first-order valence-electron chi connectivity index (χ1n) is 10.4. The van der Waals surface area contributed by atoms with Gasteiger partial charge >= 0.3 is 0 Å². The van der Waals surface area contributed by atoms with Gasteiger partial charge in [-0.15, -0.1) is 0 Å². The van der Waals surface area contributed by atoms with E-state index in [0.717, 1.165) is 58.4 Å². The average molecular weight is 396 g/mol. The van der Waals surface area contributed by atoms with Crippen LogP contribution in [0.25, 0.3) is 22.2 Å². The fourth-order valence-electron chi connectivity index (χ4n) is 3.94. The summed E-state index contributed by atoms with van der Waals surface area (Å²) in [4.78, 5) is 4.86. The first kappa shape index (κ1) is 19.9. The zero-order valence-corrected chi connectivity index (χ0v) is 17.2. The van der Waals surface area contributed by atoms with Gasteiger partial charge in [0.15, 0.2) is 0 Å². The largest absolute Gasteiger partial charge is 0.392 e. The summed E-state index contributed by atoms with van der Waals surface area (Å²) in [5.74, 6) is 1.06. The lowest BCUT2D eigenvalue weighted by atomic mass is 9.99. The van der Waals surface area contributed by atoms with Crippen molar-refractivity contribution in [2.75, 3.05) is 0 Å². The Bertz CT molecular complexity index is 1200. The lowest BCUT2D eigenvalue weighted by molar-refractivity contribution is 0.283. The van der Waals surface area contributed by atoms with Gasteiger partial charge in [-0.25, -0.2) is 4.98 Å². The summed E-state index contributed by atoms with van der Waals surface area (Å²) in [5.41, 5.74) is 6.69. The molecule has 4 aromatic rings. The minimum absolute atomic E-state index is 0.000132. The van der Waals surface area contributed by atoms with Crippen molar-refractivity contribution in [1.82, 2.24) is 9.55 Å². The van der Waals surface area contributed by atoms with Crippen LogP contribution < -0.4 is 0 Å². The molecule has 0 fully saturated rings. The Kier molecular flexibility index (Phi) is 5.92. The normalized spacial score (nSPS) is 11.0. The van der Waals surface area contributed by atoms with Crippen molar-refractivity contribution in [1.29, 1.82) is 5.26 Å². The van der Waals surface area contributed by atoms with E-state index in [1.807, 2.05) is 42.5 Å². The molecule has 1 aromatic heterocycles. The molecule has 0 aliphatic carbocycles. The van der Waals surface area contributed by atoms with E-state index in [1.165, 1.54) is 0 Å². The Morgan fingerprint density at radius 1 is 1.00 bits per heavy atom. The highest BCUT2D eigenvalue weighted by molar-refractivity contribution is 5.80. The molecular formula is C26H25N3O. The summed E-state index contributed by atoms with van der Waals surface area (Å²) in [6, 6.07) is 24.2. The molecule has 1 N–H and O–H groups in total. The number of nitriles is 1. The number of nitrogens with zero attached hydrogens (tertiary/aromatic N) is 3. The summed E-state index contributed by atoms with van der Waals surface area (Å²) in [5, 5.41) is 19.2. The zero-order valence-electron chi connectivity index (χ0n) is 17.2. The average Bonchev–Trinajstić information content (AvgIpc) is 3.15. The molecule has 30 heavy (non-hydrogen) atoms. The van der Waals surface area contributed by atoms with Gasteiger partial charge in [0.1, 0.15) is 5.82 Å². The summed E-state index contributed by atoms with van der Waals surface area (Å²) >= 11 is 0. The predicted molar refractivity (Wildman–Crippen MR) is 120 cm³/mol. The second kappa shape index (κ2) is 8.94. The van der Waals surface area contributed by atoms with Crippen LogP contribution >= 0.6 is 0 Å². The maximum atomic E-state index is 9.86. The van der Waals surface area contributed by atoms with Gasteiger partial charge in [-0.1, -0.05) is 67.9 Å². The van der Waals surface area contributed by atoms with Crippen LogP contribution in [0.1, 0.15) is 42.3 Å². The number of aromatic nitrogens is 2. The van der Waals surface area contributed by atoms with Crippen LogP contribution in [0.15, 0.2) is 66.7 Å². The third kappa shape index (κ3) is 3.85. The number of aliphatic hydroxyl groups excluding tert-OH is 1. The molecule has 0 aliphatic rings. The molecule has 3 aromatic carbocycles. The number of imidazole rings is 1. The number of fused-ring (bicyclic) bond motifs is 1. The maximum absolute atomic E-state index is 9.86. The monoisotopic (exact) mass is 395 g/mol. The number of unbranched alkanes of at least 4 members (excludes halogenated alkanes) is 1. The van der Waals surface area contributed by atoms with Gasteiger partial charge in [-0.2, -0.15) is 5.26 Å². The van der Waals surface area contributed by atoms with E-state index in [9.17, 15) is 10.4 Å². The molecule has 0 amide bonds. The predicted octanol–water partition coefficient (Wildman–Crippen LogP) is 5.46. The van der Waals surface area contributed by atoms with Crippen LogP contribution in [-0.2, 0) is 19.6 Å². The number of aryl methyl sites for hydroxylation is 1. The number of rotatable bonds is 7. The highest BCUT2D eigenvalue weighted by Gasteiger charge is 2.14. The number of hydrogen-bond donors (Lipinski definition) is 1. The molecule has 4 heteroatoms. The highest BCUT2D eigenvalue weighted by Crippen LogP contribution is 2.26. The fourth-order valence-corrected chi connectivity index (χ4v) is 3.94. The first-order chi connectivity index (χ1) is 14.7. The SMILES string of the molecule is CCCCc1nc2cccc(CO)c2n1Cc1ccc(-c2ccccc2C#N)cc1. The van der Waals surface area contributed by atoms with Gasteiger partial charge in [0.05, 0.1) is 29.3 Å². The molecule has 0 unspecified atom stereocenters. The third-order valence-electron chi connectivity index (χ3n) is 5.51. The van der Waals surface area contributed by atoms with Crippen molar-refractivity contribution < 1.29 is 5.11 Å². The summed E-state index contributed by atoms with van der Waals surface area (Å²) in [7, 11) is 0. The van der Waals surface area contributed by atoms with E-state index >= 15 is 0 Å². The minimum atomic E-state index is 0.000132. The highest BCUT2D eigenvalue weighted by atomic mass is 16.3. The van der Waals surface area contributed by atoms with Crippen LogP contribution in [0.2, 0.25) is 0 Å². The van der Waals surface area contributed by atoms with Crippen molar-refractivity contribution >= 4 is 11.0 Å². The molecule has 0 radical (unpaired) electrons. The Labute approximate surface area is 177 Å². The molecule has 1 heterocycles. The zero-order chi connectivity index (χ0) is 20.9. The Morgan fingerprint density at radius 2 is 1.80 bits per heavy atom. The Balaban J connectivity index is 1.71. The second-order valence-corrected chi connectivity index (χ2v) is 7.52. The van der Waals surface area contributed by atoms with E-state index in [1.54, 1.807) is 0 Å². The smallest absolute Gasteiger partial charge is 0.110 e. The third-order valence-corrected chi connectivity index (χ3v) is 5.51. The molecule has 4 nitrogen and oxygen atoms in total. The van der Waals surface area contributed by atoms with Crippen molar-refractivity contribution in [3.63, 3.8) is 0 Å². The van der Waals surface area contributed by atoms with E-state index in [0.29, 0.717) is 12.1 Å². The van der Waals surface area contributed by atoms with Crippen LogP contribution in [0.4, 0.5) is 0 Å². The lowest BCUT2D eigenvalue weighted by Crippen LogP contribution is -2.07. The Hall–Kier alpha value is -3.42. The van der Waals surface area contributed by atoms with Gasteiger partial charge in [0.25, 0.3) is 0 Å². The lowest BCUT2D eigenvalue weighted by Gasteiger charge is -2.12. The number of aliphatic hydroxyl groups is 1. The molecule has 0 saturated carbocycles. The van der Waals surface area contributed by atoms with Crippen molar-refractivity contribution in [2.24, 2.45) is 0 Å². The topological polar surface area (TPSA) is 61.8 Å². The van der Waals surface area contributed by atoms with Crippen LogP contribution in [0.3, 0.4) is 0 Å². The van der Waals surface area contributed by atoms with Gasteiger partial charge in [0, 0.05) is 18.5 Å². The molecule has 150 valence electrons. The number of benzene rings is 3. The summed E-state index contributed by atoms with van der Waals surface area (Å²) in [6.07, 6.45) is 3.12. The van der Waals surface area contributed by atoms with E-state index in [2.05, 4.69) is 41.8 Å². The molecule has 0 bridgehead atoms. The van der Waals surface area contributed by atoms with E-state index in [4.69, 9.17) is 4.98 Å². The van der Waals surface area contributed by atoms with E-state index < -0.39 is 0 Å².